The number of halogens is 1. The molecule has 0 aliphatic carbocycles. The lowest BCUT2D eigenvalue weighted by molar-refractivity contribution is -0.0403. The maximum atomic E-state index is 12.6. The van der Waals surface area contributed by atoms with Gasteiger partial charge < -0.3 is 9.84 Å². The minimum atomic E-state index is -1.16. The third-order valence-corrected chi connectivity index (χ3v) is 2.01. The summed E-state index contributed by atoms with van der Waals surface area (Å²) in [5.41, 5.74) is -0.747. The molecule has 1 rings (SSSR count). The van der Waals surface area contributed by atoms with E-state index in [9.17, 15) is 9.50 Å². The largest absolute Gasteiger partial charge is 0.381 e. The monoisotopic (exact) mass is 213 g/mol. The zero-order chi connectivity index (χ0) is 11.3. The van der Waals surface area contributed by atoms with Gasteiger partial charge in [0.15, 0.2) is 0 Å². The molecule has 1 unspecified atom stereocenters. The van der Waals surface area contributed by atoms with Crippen LogP contribution in [-0.4, -0.2) is 23.3 Å². The minimum Gasteiger partial charge on any atom is -0.381 e. The van der Waals surface area contributed by atoms with Gasteiger partial charge in [0.2, 0.25) is 0 Å². The van der Waals surface area contributed by atoms with Gasteiger partial charge in [-0.1, -0.05) is 6.92 Å². The highest BCUT2D eigenvalue weighted by atomic mass is 19.1. The molecular formula is C11H16FNO2. The highest BCUT2D eigenvalue weighted by Gasteiger charge is 2.24. The number of aliphatic hydroxyl groups is 1. The lowest BCUT2D eigenvalue weighted by atomic mass is 10.0. The van der Waals surface area contributed by atoms with Crippen LogP contribution in [0.15, 0.2) is 18.3 Å². The molecule has 1 aromatic rings. The smallest absolute Gasteiger partial charge is 0.141 e. The first-order valence-corrected chi connectivity index (χ1v) is 4.98. The Labute approximate surface area is 88.9 Å². The maximum Gasteiger partial charge on any atom is 0.141 e. The molecule has 0 spiro atoms. The molecule has 4 heteroatoms. The number of hydrogen-bond donors (Lipinski definition) is 1. The zero-order valence-corrected chi connectivity index (χ0v) is 9.03. The molecule has 1 atom stereocenters. The molecular weight excluding hydrogens is 197 g/mol. The van der Waals surface area contributed by atoms with E-state index in [4.69, 9.17) is 4.74 Å². The molecule has 0 radical (unpaired) electrons. The minimum absolute atomic E-state index is 0.166. The number of nitrogens with zero attached hydrogens (tertiary/aromatic N) is 1. The third-order valence-electron chi connectivity index (χ3n) is 2.01. The second-order valence-corrected chi connectivity index (χ2v) is 3.69. The summed E-state index contributed by atoms with van der Waals surface area (Å²) in [6, 6.07) is 2.74. The average molecular weight is 213 g/mol. The van der Waals surface area contributed by atoms with Crippen LogP contribution in [0.1, 0.15) is 26.0 Å². The molecule has 0 aliphatic rings. The molecule has 0 amide bonds. The van der Waals surface area contributed by atoms with Crippen molar-refractivity contribution in [1.29, 1.82) is 0 Å². The van der Waals surface area contributed by atoms with Crippen molar-refractivity contribution in [2.24, 2.45) is 0 Å². The number of pyridine rings is 1. The van der Waals surface area contributed by atoms with Crippen molar-refractivity contribution in [3.05, 3.63) is 29.8 Å². The van der Waals surface area contributed by atoms with E-state index < -0.39 is 11.4 Å². The standard InChI is InChI=1S/C11H16FNO2/c1-3-6-15-8-11(2,14)10-5-4-9(12)7-13-10/h4-5,7,14H,3,6,8H2,1-2H3. The fourth-order valence-electron chi connectivity index (χ4n) is 1.18. The number of rotatable bonds is 5. The van der Waals surface area contributed by atoms with Crippen molar-refractivity contribution in [3.8, 4) is 0 Å². The Morgan fingerprint density at radius 2 is 2.27 bits per heavy atom. The van der Waals surface area contributed by atoms with Gasteiger partial charge in [-0.05, 0) is 25.5 Å². The number of aromatic nitrogens is 1. The zero-order valence-electron chi connectivity index (χ0n) is 9.03. The Bertz CT molecular complexity index is 298. The Morgan fingerprint density at radius 1 is 1.53 bits per heavy atom. The van der Waals surface area contributed by atoms with Crippen molar-refractivity contribution in [3.63, 3.8) is 0 Å². The molecule has 1 N–H and O–H groups in total. The molecule has 0 aromatic carbocycles. The van der Waals surface area contributed by atoms with Crippen LogP contribution in [0.4, 0.5) is 4.39 Å². The van der Waals surface area contributed by atoms with E-state index in [1.54, 1.807) is 6.92 Å². The predicted octanol–water partition coefficient (Wildman–Crippen LogP) is 1.85. The van der Waals surface area contributed by atoms with Crippen molar-refractivity contribution in [1.82, 2.24) is 4.98 Å². The second-order valence-electron chi connectivity index (χ2n) is 3.69. The Balaban J connectivity index is 2.63. The van der Waals surface area contributed by atoms with Crippen molar-refractivity contribution in [2.45, 2.75) is 25.9 Å². The highest BCUT2D eigenvalue weighted by Crippen LogP contribution is 2.18. The van der Waals surface area contributed by atoms with Gasteiger partial charge in [-0.15, -0.1) is 0 Å². The fraction of sp³-hybridized carbons (Fsp3) is 0.545. The molecule has 1 aromatic heterocycles. The summed E-state index contributed by atoms with van der Waals surface area (Å²) in [5.74, 6) is -0.413. The summed E-state index contributed by atoms with van der Waals surface area (Å²) in [6.07, 6.45) is 1.98. The van der Waals surface area contributed by atoms with E-state index in [1.807, 2.05) is 6.92 Å². The molecule has 0 saturated heterocycles. The summed E-state index contributed by atoms with van der Waals surface area (Å²) in [6.45, 7) is 4.35. The van der Waals surface area contributed by atoms with Gasteiger partial charge in [-0.2, -0.15) is 0 Å². The summed E-state index contributed by atoms with van der Waals surface area (Å²) < 4.78 is 17.9. The lowest BCUT2D eigenvalue weighted by Crippen LogP contribution is -2.29. The summed E-state index contributed by atoms with van der Waals surface area (Å²) in [7, 11) is 0. The van der Waals surface area contributed by atoms with Crippen LogP contribution in [0.3, 0.4) is 0 Å². The van der Waals surface area contributed by atoms with Crippen LogP contribution in [0.2, 0.25) is 0 Å². The first-order valence-electron chi connectivity index (χ1n) is 4.98. The topological polar surface area (TPSA) is 42.4 Å². The summed E-state index contributed by atoms with van der Waals surface area (Å²) >= 11 is 0. The van der Waals surface area contributed by atoms with Crippen LogP contribution >= 0.6 is 0 Å². The lowest BCUT2D eigenvalue weighted by Gasteiger charge is -2.22. The van der Waals surface area contributed by atoms with E-state index in [0.717, 1.165) is 12.6 Å². The van der Waals surface area contributed by atoms with E-state index in [0.29, 0.717) is 12.3 Å². The van der Waals surface area contributed by atoms with Crippen LogP contribution in [0, 0.1) is 5.82 Å². The second kappa shape index (κ2) is 5.19. The van der Waals surface area contributed by atoms with E-state index in [1.165, 1.54) is 12.1 Å². The summed E-state index contributed by atoms with van der Waals surface area (Å²) in [5, 5.41) is 9.99. The highest BCUT2D eigenvalue weighted by molar-refractivity contribution is 5.12. The maximum absolute atomic E-state index is 12.6. The molecule has 3 nitrogen and oxygen atoms in total. The fourth-order valence-corrected chi connectivity index (χ4v) is 1.18. The molecule has 0 saturated carbocycles. The Hall–Kier alpha value is -1.00. The first kappa shape index (κ1) is 12.1. The number of ether oxygens (including phenoxy) is 1. The quantitative estimate of drug-likeness (QED) is 0.759. The van der Waals surface area contributed by atoms with Crippen molar-refractivity contribution < 1.29 is 14.2 Å². The van der Waals surface area contributed by atoms with Gasteiger partial charge >= 0.3 is 0 Å². The van der Waals surface area contributed by atoms with Crippen LogP contribution in [-0.2, 0) is 10.3 Å². The SMILES string of the molecule is CCCOCC(C)(O)c1ccc(F)cn1. The van der Waals surface area contributed by atoms with Crippen molar-refractivity contribution >= 4 is 0 Å². The van der Waals surface area contributed by atoms with Crippen LogP contribution < -0.4 is 0 Å². The van der Waals surface area contributed by atoms with E-state index in [2.05, 4.69) is 4.98 Å². The summed E-state index contributed by atoms with van der Waals surface area (Å²) in [4.78, 5) is 3.82. The van der Waals surface area contributed by atoms with Gasteiger partial charge in [0.05, 0.1) is 18.5 Å². The van der Waals surface area contributed by atoms with Gasteiger partial charge in [-0.25, -0.2) is 4.39 Å². The first-order chi connectivity index (χ1) is 7.06. The predicted molar refractivity (Wildman–Crippen MR) is 54.9 cm³/mol. The molecule has 0 bridgehead atoms. The van der Waals surface area contributed by atoms with Crippen LogP contribution in [0.5, 0.6) is 0 Å². The van der Waals surface area contributed by atoms with Crippen molar-refractivity contribution in [2.75, 3.05) is 13.2 Å². The molecule has 0 aliphatic heterocycles. The average Bonchev–Trinajstić information content (AvgIpc) is 2.18. The third kappa shape index (κ3) is 3.57. The molecule has 15 heavy (non-hydrogen) atoms. The number of hydrogen-bond acceptors (Lipinski definition) is 3. The Morgan fingerprint density at radius 3 is 2.80 bits per heavy atom. The van der Waals surface area contributed by atoms with Gasteiger partial charge in [0.1, 0.15) is 11.4 Å². The molecule has 1 heterocycles. The normalized spacial score (nSPS) is 14.9. The van der Waals surface area contributed by atoms with Gasteiger partial charge in [0.25, 0.3) is 0 Å². The Kier molecular flexibility index (Phi) is 4.17. The van der Waals surface area contributed by atoms with Crippen LogP contribution in [0.25, 0.3) is 0 Å². The van der Waals surface area contributed by atoms with E-state index in [-0.39, 0.29) is 6.61 Å². The molecule has 0 fully saturated rings. The van der Waals surface area contributed by atoms with Gasteiger partial charge in [-0.3, -0.25) is 4.98 Å². The molecule has 84 valence electrons. The van der Waals surface area contributed by atoms with E-state index >= 15 is 0 Å². The van der Waals surface area contributed by atoms with Gasteiger partial charge in [0, 0.05) is 6.61 Å².